The molecule has 0 aliphatic rings. The van der Waals surface area contributed by atoms with E-state index in [4.69, 9.17) is 5.73 Å². The van der Waals surface area contributed by atoms with E-state index in [9.17, 15) is 4.79 Å². The summed E-state index contributed by atoms with van der Waals surface area (Å²) in [6, 6.07) is 1.46. The van der Waals surface area contributed by atoms with Gasteiger partial charge >= 0.3 is 0 Å². The zero-order chi connectivity index (χ0) is 10.6. The molecule has 3 N–H and O–H groups in total. The minimum absolute atomic E-state index is 0.0999. The van der Waals surface area contributed by atoms with Gasteiger partial charge in [-0.25, -0.2) is 0 Å². The fraction of sp³-hybridized carbons (Fsp3) is 0.500. The van der Waals surface area contributed by atoms with Crippen LogP contribution in [0.3, 0.4) is 0 Å². The summed E-state index contributed by atoms with van der Waals surface area (Å²) in [5.41, 5.74) is 6.56. The predicted molar refractivity (Wildman–Crippen MR) is 60.4 cm³/mol. The Morgan fingerprint density at radius 1 is 1.64 bits per heavy atom. The average Bonchev–Trinajstić information content (AvgIpc) is 2.55. The van der Waals surface area contributed by atoms with Gasteiger partial charge in [0.25, 0.3) is 0 Å². The van der Waals surface area contributed by atoms with Crippen LogP contribution in [0.1, 0.15) is 20.3 Å². The molecule has 1 rings (SSSR count). The van der Waals surface area contributed by atoms with E-state index >= 15 is 0 Å². The van der Waals surface area contributed by atoms with Gasteiger partial charge in [-0.1, -0.05) is 13.8 Å². The third-order valence-electron chi connectivity index (χ3n) is 1.85. The molecule has 0 saturated carbocycles. The number of nitrogens with one attached hydrogen (secondary N) is 1. The molecule has 1 aromatic heterocycles. The van der Waals surface area contributed by atoms with Crippen molar-refractivity contribution in [2.45, 2.75) is 26.3 Å². The molecule has 78 valence electrons. The van der Waals surface area contributed by atoms with Gasteiger partial charge in [0.05, 0.1) is 11.7 Å². The number of amides is 1. The van der Waals surface area contributed by atoms with Crippen molar-refractivity contribution in [3.8, 4) is 0 Å². The van der Waals surface area contributed by atoms with E-state index in [0.717, 1.165) is 12.1 Å². The number of carbonyl (C=O) groups excluding carboxylic acids is 1. The highest BCUT2D eigenvalue weighted by atomic mass is 32.1. The van der Waals surface area contributed by atoms with Gasteiger partial charge in [-0.2, -0.15) is 11.3 Å². The van der Waals surface area contributed by atoms with E-state index in [1.807, 2.05) is 16.8 Å². The van der Waals surface area contributed by atoms with Gasteiger partial charge < -0.3 is 11.1 Å². The van der Waals surface area contributed by atoms with Crippen LogP contribution in [0.4, 0.5) is 5.69 Å². The zero-order valence-corrected chi connectivity index (χ0v) is 9.30. The average molecular weight is 212 g/mol. The van der Waals surface area contributed by atoms with Gasteiger partial charge in [0.15, 0.2) is 0 Å². The first-order chi connectivity index (χ1) is 6.59. The van der Waals surface area contributed by atoms with Crippen LogP contribution < -0.4 is 11.1 Å². The molecular formula is C10H16N2OS. The lowest BCUT2D eigenvalue weighted by Crippen LogP contribution is -2.36. The Labute approximate surface area is 88.3 Å². The second kappa shape index (κ2) is 5.12. The quantitative estimate of drug-likeness (QED) is 0.802. The van der Waals surface area contributed by atoms with E-state index < -0.39 is 6.04 Å². The molecule has 1 heterocycles. The van der Waals surface area contributed by atoms with Crippen molar-refractivity contribution >= 4 is 22.9 Å². The second-order valence-corrected chi connectivity index (χ2v) is 4.52. The van der Waals surface area contributed by atoms with E-state index in [1.165, 1.54) is 0 Å². The van der Waals surface area contributed by atoms with E-state index in [2.05, 4.69) is 19.2 Å². The van der Waals surface area contributed by atoms with Gasteiger partial charge in [-0.05, 0) is 23.8 Å². The van der Waals surface area contributed by atoms with Crippen molar-refractivity contribution in [1.82, 2.24) is 0 Å². The number of hydrogen-bond donors (Lipinski definition) is 2. The number of rotatable bonds is 4. The molecule has 0 saturated heterocycles. The number of nitrogens with two attached hydrogens (primary N) is 1. The second-order valence-electron chi connectivity index (χ2n) is 3.74. The monoisotopic (exact) mass is 212 g/mol. The first kappa shape index (κ1) is 11.2. The minimum Gasteiger partial charge on any atom is -0.324 e. The van der Waals surface area contributed by atoms with Crippen molar-refractivity contribution in [3.63, 3.8) is 0 Å². The maximum Gasteiger partial charge on any atom is 0.241 e. The smallest absolute Gasteiger partial charge is 0.241 e. The summed E-state index contributed by atoms with van der Waals surface area (Å²) < 4.78 is 0. The molecule has 1 unspecified atom stereocenters. The molecule has 0 aromatic carbocycles. The minimum atomic E-state index is -0.408. The van der Waals surface area contributed by atoms with Crippen LogP contribution in [0, 0.1) is 5.92 Å². The van der Waals surface area contributed by atoms with Gasteiger partial charge in [-0.15, -0.1) is 0 Å². The molecule has 4 heteroatoms. The molecule has 0 aliphatic carbocycles. The highest BCUT2D eigenvalue weighted by Gasteiger charge is 2.14. The van der Waals surface area contributed by atoms with Gasteiger partial charge in [0.1, 0.15) is 0 Å². The first-order valence-electron chi connectivity index (χ1n) is 4.68. The fourth-order valence-electron chi connectivity index (χ4n) is 1.19. The Bertz CT molecular complexity index is 282. The topological polar surface area (TPSA) is 55.1 Å². The molecule has 0 radical (unpaired) electrons. The molecule has 1 atom stereocenters. The normalized spacial score (nSPS) is 12.9. The zero-order valence-electron chi connectivity index (χ0n) is 8.49. The SMILES string of the molecule is CC(C)CC(N)C(=O)Nc1ccsc1. The van der Waals surface area contributed by atoms with Crippen LogP contribution in [0.2, 0.25) is 0 Å². The van der Waals surface area contributed by atoms with Crippen molar-refractivity contribution in [2.24, 2.45) is 11.7 Å². The Balaban J connectivity index is 2.42. The molecule has 1 aromatic rings. The Hall–Kier alpha value is -0.870. The first-order valence-corrected chi connectivity index (χ1v) is 5.62. The summed E-state index contributed by atoms with van der Waals surface area (Å²) in [7, 11) is 0. The lowest BCUT2D eigenvalue weighted by molar-refractivity contribution is -0.117. The largest absolute Gasteiger partial charge is 0.324 e. The van der Waals surface area contributed by atoms with Crippen LogP contribution >= 0.6 is 11.3 Å². The Morgan fingerprint density at radius 3 is 2.86 bits per heavy atom. The van der Waals surface area contributed by atoms with Crippen LogP contribution in [0.15, 0.2) is 16.8 Å². The third kappa shape index (κ3) is 3.47. The van der Waals surface area contributed by atoms with Gasteiger partial charge in [0, 0.05) is 5.38 Å². The van der Waals surface area contributed by atoms with Crippen LogP contribution in [0.25, 0.3) is 0 Å². The summed E-state index contributed by atoms with van der Waals surface area (Å²) in [5, 5.41) is 6.58. The van der Waals surface area contributed by atoms with Gasteiger partial charge in [0.2, 0.25) is 5.91 Å². The fourth-order valence-corrected chi connectivity index (χ4v) is 1.77. The standard InChI is InChI=1S/C10H16N2OS/c1-7(2)5-9(11)10(13)12-8-3-4-14-6-8/h3-4,6-7,9H,5,11H2,1-2H3,(H,12,13). The van der Waals surface area contributed by atoms with Crippen LogP contribution in [-0.4, -0.2) is 11.9 Å². The lowest BCUT2D eigenvalue weighted by atomic mass is 10.0. The highest BCUT2D eigenvalue weighted by molar-refractivity contribution is 7.08. The highest BCUT2D eigenvalue weighted by Crippen LogP contribution is 2.12. The molecule has 0 bridgehead atoms. The van der Waals surface area contributed by atoms with Crippen molar-refractivity contribution in [1.29, 1.82) is 0 Å². The van der Waals surface area contributed by atoms with Crippen LogP contribution in [0.5, 0.6) is 0 Å². The maximum absolute atomic E-state index is 11.5. The number of anilines is 1. The van der Waals surface area contributed by atoms with Crippen molar-refractivity contribution in [2.75, 3.05) is 5.32 Å². The van der Waals surface area contributed by atoms with Gasteiger partial charge in [-0.3, -0.25) is 4.79 Å². The molecular weight excluding hydrogens is 196 g/mol. The third-order valence-corrected chi connectivity index (χ3v) is 2.53. The molecule has 1 amide bonds. The Morgan fingerprint density at radius 2 is 2.36 bits per heavy atom. The molecule has 0 aliphatic heterocycles. The summed E-state index contributed by atoms with van der Waals surface area (Å²) in [6.45, 7) is 4.11. The molecule has 14 heavy (non-hydrogen) atoms. The number of carbonyl (C=O) groups is 1. The number of hydrogen-bond acceptors (Lipinski definition) is 3. The maximum atomic E-state index is 11.5. The molecule has 3 nitrogen and oxygen atoms in total. The summed E-state index contributed by atoms with van der Waals surface area (Å²) in [6.07, 6.45) is 0.718. The Kier molecular flexibility index (Phi) is 4.10. The van der Waals surface area contributed by atoms with E-state index in [-0.39, 0.29) is 5.91 Å². The molecule has 0 fully saturated rings. The summed E-state index contributed by atoms with van der Waals surface area (Å²) in [4.78, 5) is 11.5. The van der Waals surface area contributed by atoms with E-state index in [0.29, 0.717) is 5.92 Å². The summed E-state index contributed by atoms with van der Waals surface area (Å²) >= 11 is 1.55. The lowest BCUT2D eigenvalue weighted by Gasteiger charge is -2.13. The molecule has 0 spiro atoms. The van der Waals surface area contributed by atoms with Crippen molar-refractivity contribution in [3.05, 3.63) is 16.8 Å². The number of thiophene rings is 1. The van der Waals surface area contributed by atoms with E-state index in [1.54, 1.807) is 11.3 Å². The predicted octanol–water partition coefficient (Wildman–Crippen LogP) is 2.06. The summed E-state index contributed by atoms with van der Waals surface area (Å²) in [5.74, 6) is 0.343. The van der Waals surface area contributed by atoms with Crippen LogP contribution in [-0.2, 0) is 4.79 Å². The van der Waals surface area contributed by atoms with Crippen molar-refractivity contribution < 1.29 is 4.79 Å².